The molecule has 10 unspecified atom stereocenters. The molecule has 0 radical (unpaired) electrons. The number of hydrogen-bond donors (Lipinski definition) is 0. The van der Waals surface area contributed by atoms with Crippen LogP contribution in [0.15, 0.2) is 0 Å². The molecule has 152 valence electrons. The topological polar surface area (TPSA) is 26.3 Å². The molecule has 2 nitrogen and oxygen atoms in total. The van der Waals surface area contributed by atoms with Crippen LogP contribution >= 0.6 is 0 Å². The first-order chi connectivity index (χ1) is 12.8. The van der Waals surface area contributed by atoms with E-state index in [1.807, 2.05) is 0 Å². The van der Waals surface area contributed by atoms with E-state index in [1.165, 1.54) is 32.1 Å². The zero-order valence-corrected chi connectivity index (χ0v) is 18.1. The highest BCUT2D eigenvalue weighted by Gasteiger charge is 2.62. The Morgan fingerprint density at radius 1 is 0.889 bits per heavy atom. The summed E-state index contributed by atoms with van der Waals surface area (Å²) in [6.45, 7) is 11.8. The molecule has 0 heterocycles. The Morgan fingerprint density at radius 2 is 1.59 bits per heavy atom. The number of rotatable bonds is 4. The van der Waals surface area contributed by atoms with Crippen LogP contribution < -0.4 is 0 Å². The highest BCUT2D eigenvalue weighted by molar-refractivity contribution is 5.74. The first kappa shape index (κ1) is 18.5. The van der Waals surface area contributed by atoms with Gasteiger partial charge in [0, 0.05) is 5.92 Å². The maximum atomic E-state index is 13.4. The van der Waals surface area contributed by atoms with Crippen molar-refractivity contribution >= 4 is 5.97 Å². The minimum absolute atomic E-state index is 0.153. The summed E-state index contributed by atoms with van der Waals surface area (Å²) in [5, 5.41) is 0. The normalized spacial score (nSPS) is 52.9. The zero-order chi connectivity index (χ0) is 19.1. The number of hydrogen-bond acceptors (Lipinski definition) is 2. The lowest BCUT2D eigenvalue weighted by Gasteiger charge is -2.43. The summed E-state index contributed by atoms with van der Waals surface area (Å²) >= 11 is 0. The third-order valence-electron chi connectivity index (χ3n) is 10.1. The lowest BCUT2D eigenvalue weighted by atomic mass is 9.65. The number of esters is 1. The SMILES string of the molecule is CC(C)C1C2CC(C(=O)OC3(C)CC4CC3C3CCCC43)C(C2)C1C(C)C. The van der Waals surface area contributed by atoms with Crippen molar-refractivity contribution in [3.05, 3.63) is 0 Å². The van der Waals surface area contributed by atoms with E-state index in [1.54, 1.807) is 0 Å². The van der Waals surface area contributed by atoms with Crippen LogP contribution in [0.5, 0.6) is 0 Å². The van der Waals surface area contributed by atoms with Crippen LogP contribution in [0.25, 0.3) is 0 Å². The van der Waals surface area contributed by atoms with E-state index in [4.69, 9.17) is 4.74 Å². The van der Waals surface area contributed by atoms with E-state index < -0.39 is 0 Å². The van der Waals surface area contributed by atoms with Gasteiger partial charge in [0.1, 0.15) is 5.60 Å². The van der Waals surface area contributed by atoms with Crippen molar-refractivity contribution in [2.24, 2.45) is 65.1 Å². The van der Waals surface area contributed by atoms with Gasteiger partial charge in [0.2, 0.25) is 0 Å². The maximum absolute atomic E-state index is 13.4. The Labute approximate surface area is 166 Å². The van der Waals surface area contributed by atoms with Crippen LogP contribution in [0.1, 0.15) is 79.6 Å². The molecule has 10 atom stereocenters. The molecule has 5 fully saturated rings. The summed E-state index contributed by atoms with van der Waals surface area (Å²) in [4.78, 5) is 13.4. The molecular weight excluding hydrogens is 332 g/mol. The molecule has 5 rings (SSSR count). The van der Waals surface area contributed by atoms with Gasteiger partial charge < -0.3 is 4.74 Å². The second-order valence-electron chi connectivity index (χ2n) is 11.9. The highest BCUT2D eigenvalue weighted by atomic mass is 16.6. The van der Waals surface area contributed by atoms with Gasteiger partial charge in [-0.15, -0.1) is 0 Å². The van der Waals surface area contributed by atoms with E-state index >= 15 is 0 Å². The number of carbonyl (C=O) groups excluding carboxylic acids is 1. The fourth-order valence-electron chi connectivity index (χ4n) is 9.46. The first-order valence-corrected chi connectivity index (χ1v) is 12.0. The fraction of sp³-hybridized carbons (Fsp3) is 0.960. The Balaban J connectivity index is 1.30. The molecular formula is C25H40O2. The Kier molecular flexibility index (Phi) is 4.27. The molecule has 0 aromatic rings. The number of fused-ring (bicyclic) bond motifs is 7. The van der Waals surface area contributed by atoms with Gasteiger partial charge in [0.25, 0.3) is 0 Å². The van der Waals surface area contributed by atoms with Crippen LogP contribution in [-0.2, 0) is 9.53 Å². The third kappa shape index (κ3) is 2.60. The van der Waals surface area contributed by atoms with Crippen LogP contribution in [0, 0.1) is 65.1 Å². The quantitative estimate of drug-likeness (QED) is 0.570. The smallest absolute Gasteiger partial charge is 0.309 e. The predicted molar refractivity (Wildman–Crippen MR) is 108 cm³/mol. The summed E-state index contributed by atoms with van der Waals surface area (Å²) in [6.07, 6.45) is 9.09. The van der Waals surface area contributed by atoms with Crippen molar-refractivity contribution in [2.45, 2.75) is 85.2 Å². The minimum atomic E-state index is -0.153. The molecule has 5 aliphatic rings. The molecule has 0 aromatic heterocycles. The van der Waals surface area contributed by atoms with Gasteiger partial charge in [-0.05, 0) is 98.7 Å². The molecule has 0 saturated heterocycles. The van der Waals surface area contributed by atoms with Crippen molar-refractivity contribution in [3.8, 4) is 0 Å². The maximum Gasteiger partial charge on any atom is 0.309 e. The standard InChI is InChI=1S/C25H40O2/c1-13(2)22-15-9-19(23(22)14(3)4)20(10-15)24(26)27-25(5)12-16-11-21(25)18-8-6-7-17(16)18/h13-23H,6-12H2,1-5H3. The fourth-order valence-corrected chi connectivity index (χ4v) is 9.46. The molecule has 4 bridgehead atoms. The Bertz CT molecular complexity index is 609. The first-order valence-electron chi connectivity index (χ1n) is 12.0. The average Bonchev–Trinajstić information content (AvgIpc) is 3.35. The Morgan fingerprint density at radius 3 is 2.30 bits per heavy atom. The zero-order valence-electron chi connectivity index (χ0n) is 18.1. The van der Waals surface area contributed by atoms with Gasteiger partial charge in [0.05, 0.1) is 5.92 Å². The van der Waals surface area contributed by atoms with Gasteiger partial charge in [-0.25, -0.2) is 0 Å². The number of carbonyl (C=O) groups is 1. The summed E-state index contributed by atoms with van der Waals surface area (Å²) < 4.78 is 6.46. The predicted octanol–water partition coefficient (Wildman–Crippen LogP) is 5.94. The van der Waals surface area contributed by atoms with Crippen molar-refractivity contribution in [1.29, 1.82) is 0 Å². The average molecular weight is 373 g/mol. The van der Waals surface area contributed by atoms with Gasteiger partial charge in [-0.2, -0.15) is 0 Å². The molecule has 0 aromatic carbocycles. The van der Waals surface area contributed by atoms with E-state index in [0.717, 1.165) is 48.3 Å². The van der Waals surface area contributed by atoms with Crippen LogP contribution in [0.2, 0.25) is 0 Å². The molecule has 2 heteroatoms. The summed E-state index contributed by atoms with van der Waals surface area (Å²) in [5.41, 5.74) is -0.153. The monoisotopic (exact) mass is 372 g/mol. The van der Waals surface area contributed by atoms with Gasteiger partial charge in [0.15, 0.2) is 0 Å². The summed E-state index contributed by atoms with van der Waals surface area (Å²) in [7, 11) is 0. The lowest BCUT2D eigenvalue weighted by molar-refractivity contribution is -0.175. The second kappa shape index (κ2) is 6.23. The summed E-state index contributed by atoms with van der Waals surface area (Å²) in [5.74, 6) is 7.97. The summed E-state index contributed by atoms with van der Waals surface area (Å²) in [6, 6.07) is 0. The van der Waals surface area contributed by atoms with E-state index in [9.17, 15) is 4.79 Å². The van der Waals surface area contributed by atoms with Crippen molar-refractivity contribution in [2.75, 3.05) is 0 Å². The number of ether oxygens (including phenoxy) is 1. The minimum Gasteiger partial charge on any atom is -0.459 e. The van der Waals surface area contributed by atoms with E-state index in [0.29, 0.717) is 23.7 Å². The van der Waals surface area contributed by atoms with Crippen LogP contribution in [0.3, 0.4) is 0 Å². The van der Waals surface area contributed by atoms with Crippen molar-refractivity contribution in [1.82, 2.24) is 0 Å². The lowest BCUT2D eigenvalue weighted by Crippen LogP contribution is -2.45. The van der Waals surface area contributed by atoms with Gasteiger partial charge in [-0.1, -0.05) is 34.1 Å². The van der Waals surface area contributed by atoms with Gasteiger partial charge >= 0.3 is 5.97 Å². The third-order valence-corrected chi connectivity index (χ3v) is 10.1. The van der Waals surface area contributed by atoms with E-state index in [2.05, 4.69) is 34.6 Å². The van der Waals surface area contributed by atoms with Gasteiger partial charge in [-0.3, -0.25) is 4.79 Å². The molecule has 5 aliphatic carbocycles. The van der Waals surface area contributed by atoms with E-state index in [-0.39, 0.29) is 17.5 Å². The van der Waals surface area contributed by atoms with Crippen molar-refractivity contribution < 1.29 is 9.53 Å². The van der Waals surface area contributed by atoms with Crippen molar-refractivity contribution in [3.63, 3.8) is 0 Å². The molecule has 27 heavy (non-hydrogen) atoms. The molecule has 0 N–H and O–H groups in total. The molecule has 5 saturated carbocycles. The van der Waals surface area contributed by atoms with Crippen LogP contribution in [-0.4, -0.2) is 11.6 Å². The largest absolute Gasteiger partial charge is 0.459 e. The molecule has 0 spiro atoms. The van der Waals surface area contributed by atoms with Crippen LogP contribution in [0.4, 0.5) is 0 Å². The second-order valence-corrected chi connectivity index (χ2v) is 11.9. The molecule has 0 amide bonds. The Hall–Kier alpha value is -0.530. The molecule has 0 aliphatic heterocycles. The highest BCUT2D eigenvalue weighted by Crippen LogP contribution is 2.64.